The number of rotatable bonds is 2. The average molecular weight is 254 g/mol. The van der Waals surface area contributed by atoms with Gasteiger partial charge >= 0.3 is 0 Å². The van der Waals surface area contributed by atoms with Gasteiger partial charge in [0.2, 0.25) is 0 Å². The largest absolute Gasteiger partial charge is 0.320 e. The minimum absolute atomic E-state index is 0.295. The van der Waals surface area contributed by atoms with Crippen molar-refractivity contribution in [3.8, 4) is 0 Å². The second-order valence-electron chi connectivity index (χ2n) is 3.32. The summed E-state index contributed by atoms with van der Waals surface area (Å²) in [4.78, 5) is 7.84. The van der Waals surface area contributed by atoms with Crippen molar-refractivity contribution in [1.82, 2.24) is 9.97 Å². The zero-order chi connectivity index (χ0) is 11.5. The van der Waals surface area contributed by atoms with Crippen molar-refractivity contribution in [2.24, 2.45) is 5.73 Å². The molecule has 1 heterocycles. The molecule has 0 fully saturated rings. The summed E-state index contributed by atoms with van der Waals surface area (Å²) in [5.74, 6) is 0. The van der Waals surface area contributed by atoms with E-state index in [2.05, 4.69) is 9.97 Å². The van der Waals surface area contributed by atoms with E-state index in [1.807, 2.05) is 6.07 Å². The molecule has 0 aliphatic carbocycles. The lowest BCUT2D eigenvalue weighted by molar-refractivity contribution is 0.851. The molecule has 2 rings (SSSR count). The number of aromatic nitrogens is 2. The molecule has 82 valence electrons. The molecule has 0 saturated carbocycles. The quantitative estimate of drug-likeness (QED) is 0.896. The normalized spacial score (nSPS) is 12.4. The average Bonchev–Trinajstić information content (AvgIpc) is 2.33. The zero-order valence-corrected chi connectivity index (χ0v) is 9.78. The van der Waals surface area contributed by atoms with Gasteiger partial charge in [-0.1, -0.05) is 29.3 Å². The molecule has 1 aromatic heterocycles. The zero-order valence-electron chi connectivity index (χ0n) is 8.27. The first kappa shape index (κ1) is 11.3. The van der Waals surface area contributed by atoms with E-state index in [0.717, 1.165) is 11.1 Å². The summed E-state index contributed by atoms with van der Waals surface area (Å²) < 4.78 is 0. The van der Waals surface area contributed by atoms with Gasteiger partial charge in [0.05, 0.1) is 16.1 Å². The summed E-state index contributed by atoms with van der Waals surface area (Å²) in [6, 6.07) is 5.02. The van der Waals surface area contributed by atoms with Gasteiger partial charge in [0.1, 0.15) is 6.33 Å². The van der Waals surface area contributed by atoms with Gasteiger partial charge in [0, 0.05) is 18.0 Å². The summed E-state index contributed by atoms with van der Waals surface area (Å²) in [6.45, 7) is 0. The van der Waals surface area contributed by atoms with Crippen molar-refractivity contribution < 1.29 is 0 Å². The SMILES string of the molecule is NC(c1cncnc1)c1ccc(Cl)c(Cl)c1. The van der Waals surface area contributed by atoms with E-state index in [-0.39, 0.29) is 6.04 Å². The fraction of sp³-hybridized carbons (Fsp3) is 0.0909. The van der Waals surface area contributed by atoms with Gasteiger partial charge in [0.25, 0.3) is 0 Å². The first-order valence-electron chi connectivity index (χ1n) is 4.64. The molecule has 5 heteroatoms. The summed E-state index contributed by atoms with van der Waals surface area (Å²) in [5.41, 5.74) is 7.77. The highest BCUT2D eigenvalue weighted by molar-refractivity contribution is 6.42. The van der Waals surface area contributed by atoms with Gasteiger partial charge < -0.3 is 5.73 Å². The van der Waals surface area contributed by atoms with Gasteiger partial charge in [-0.3, -0.25) is 0 Å². The fourth-order valence-electron chi connectivity index (χ4n) is 1.37. The molecule has 0 spiro atoms. The maximum Gasteiger partial charge on any atom is 0.115 e. The monoisotopic (exact) mass is 253 g/mol. The van der Waals surface area contributed by atoms with E-state index < -0.39 is 0 Å². The molecular weight excluding hydrogens is 245 g/mol. The number of nitrogens with zero attached hydrogens (tertiary/aromatic N) is 2. The molecule has 2 aromatic rings. The van der Waals surface area contributed by atoms with E-state index in [1.165, 1.54) is 6.33 Å². The maximum absolute atomic E-state index is 6.05. The Morgan fingerprint density at radius 2 is 1.69 bits per heavy atom. The van der Waals surface area contributed by atoms with Gasteiger partial charge in [-0.25, -0.2) is 9.97 Å². The van der Waals surface area contributed by atoms with Crippen molar-refractivity contribution in [2.75, 3.05) is 0 Å². The molecule has 2 N–H and O–H groups in total. The second kappa shape index (κ2) is 4.78. The van der Waals surface area contributed by atoms with Crippen molar-refractivity contribution >= 4 is 23.2 Å². The van der Waals surface area contributed by atoms with Crippen LogP contribution in [0.1, 0.15) is 17.2 Å². The number of benzene rings is 1. The highest BCUT2D eigenvalue weighted by Crippen LogP contribution is 2.26. The third kappa shape index (κ3) is 2.32. The van der Waals surface area contributed by atoms with Gasteiger partial charge in [-0.15, -0.1) is 0 Å². The van der Waals surface area contributed by atoms with Crippen LogP contribution < -0.4 is 5.73 Å². The van der Waals surface area contributed by atoms with Crippen LogP contribution in [0.15, 0.2) is 36.9 Å². The Bertz CT molecular complexity index is 488. The molecule has 0 saturated heterocycles. The maximum atomic E-state index is 6.05. The van der Waals surface area contributed by atoms with Crippen LogP contribution in [-0.2, 0) is 0 Å². The second-order valence-corrected chi connectivity index (χ2v) is 4.14. The highest BCUT2D eigenvalue weighted by atomic mass is 35.5. The first-order chi connectivity index (χ1) is 7.68. The molecule has 16 heavy (non-hydrogen) atoms. The van der Waals surface area contributed by atoms with E-state index in [4.69, 9.17) is 28.9 Å². The standard InChI is InChI=1S/C11H9Cl2N3/c12-9-2-1-7(3-10(9)13)11(14)8-4-15-6-16-5-8/h1-6,11H,14H2. The number of nitrogens with two attached hydrogens (primary N) is 1. The number of hydrogen-bond donors (Lipinski definition) is 1. The lowest BCUT2D eigenvalue weighted by Gasteiger charge is -2.12. The smallest absolute Gasteiger partial charge is 0.115 e. The number of hydrogen-bond acceptors (Lipinski definition) is 3. The lowest BCUT2D eigenvalue weighted by Crippen LogP contribution is -2.12. The molecule has 1 atom stereocenters. The molecule has 0 aliphatic rings. The third-order valence-electron chi connectivity index (χ3n) is 2.24. The Kier molecular flexibility index (Phi) is 3.39. The Morgan fingerprint density at radius 3 is 2.31 bits per heavy atom. The summed E-state index contributed by atoms with van der Waals surface area (Å²) in [5, 5.41) is 1.01. The van der Waals surface area contributed by atoms with E-state index >= 15 is 0 Å². The van der Waals surface area contributed by atoms with Crippen LogP contribution in [0, 0.1) is 0 Å². The van der Waals surface area contributed by atoms with Crippen LogP contribution in [0.25, 0.3) is 0 Å². The highest BCUT2D eigenvalue weighted by Gasteiger charge is 2.10. The molecule has 1 aromatic carbocycles. The van der Waals surface area contributed by atoms with Crippen molar-refractivity contribution in [3.63, 3.8) is 0 Å². The predicted molar refractivity (Wildman–Crippen MR) is 64.5 cm³/mol. The summed E-state index contributed by atoms with van der Waals surface area (Å²) in [6.07, 6.45) is 4.82. The molecule has 0 bridgehead atoms. The Hall–Kier alpha value is -1.16. The minimum atomic E-state index is -0.295. The Balaban J connectivity index is 2.34. The molecule has 3 nitrogen and oxygen atoms in total. The Labute approximate surface area is 103 Å². The lowest BCUT2D eigenvalue weighted by atomic mass is 10.0. The van der Waals surface area contributed by atoms with Crippen LogP contribution >= 0.6 is 23.2 Å². The van der Waals surface area contributed by atoms with E-state index in [1.54, 1.807) is 24.5 Å². The summed E-state index contributed by atoms with van der Waals surface area (Å²) in [7, 11) is 0. The van der Waals surface area contributed by atoms with Crippen LogP contribution in [0.2, 0.25) is 10.0 Å². The Morgan fingerprint density at radius 1 is 1.00 bits per heavy atom. The fourth-order valence-corrected chi connectivity index (χ4v) is 1.68. The van der Waals surface area contributed by atoms with E-state index in [9.17, 15) is 0 Å². The van der Waals surface area contributed by atoms with Crippen LogP contribution in [0.3, 0.4) is 0 Å². The van der Waals surface area contributed by atoms with Gasteiger partial charge in [-0.05, 0) is 17.7 Å². The van der Waals surface area contributed by atoms with Crippen molar-refractivity contribution in [2.45, 2.75) is 6.04 Å². The molecular formula is C11H9Cl2N3. The van der Waals surface area contributed by atoms with Crippen LogP contribution in [0.4, 0.5) is 0 Å². The van der Waals surface area contributed by atoms with Crippen LogP contribution in [-0.4, -0.2) is 9.97 Å². The topological polar surface area (TPSA) is 51.8 Å². The third-order valence-corrected chi connectivity index (χ3v) is 2.98. The minimum Gasteiger partial charge on any atom is -0.320 e. The molecule has 0 aliphatic heterocycles. The summed E-state index contributed by atoms with van der Waals surface area (Å²) >= 11 is 11.8. The van der Waals surface area contributed by atoms with Gasteiger partial charge in [-0.2, -0.15) is 0 Å². The van der Waals surface area contributed by atoms with E-state index in [0.29, 0.717) is 10.0 Å². The first-order valence-corrected chi connectivity index (χ1v) is 5.39. The molecule has 1 unspecified atom stereocenters. The van der Waals surface area contributed by atoms with Crippen molar-refractivity contribution in [3.05, 3.63) is 58.1 Å². The van der Waals surface area contributed by atoms with Crippen LogP contribution in [0.5, 0.6) is 0 Å². The number of halogens is 2. The molecule has 0 amide bonds. The molecule has 0 radical (unpaired) electrons. The predicted octanol–water partition coefficient (Wildman–Crippen LogP) is 2.83. The van der Waals surface area contributed by atoms with Crippen molar-refractivity contribution in [1.29, 1.82) is 0 Å². The van der Waals surface area contributed by atoms with Gasteiger partial charge in [0.15, 0.2) is 0 Å².